The van der Waals surface area contributed by atoms with Gasteiger partial charge in [-0.2, -0.15) is 149 Å². The minimum Gasteiger partial charge on any atom is -0.756 e. The molecule has 42 heteroatoms. The van der Waals surface area contributed by atoms with E-state index in [1.54, 1.807) is 21.1 Å². The van der Waals surface area contributed by atoms with E-state index >= 15 is 0 Å². The van der Waals surface area contributed by atoms with Gasteiger partial charge in [-0.1, -0.05) is 77.0 Å². The van der Waals surface area contributed by atoms with Gasteiger partial charge in [0.15, 0.2) is 0 Å². The number of halogens is 34. The number of nitrogens with zero attached hydrogens (tertiary/aromatic N) is 1. The van der Waals surface area contributed by atoms with Crippen molar-refractivity contribution in [2.45, 2.75) is 217 Å². The van der Waals surface area contributed by atoms with E-state index in [0.29, 0.717) is 19.3 Å². The van der Waals surface area contributed by atoms with Crippen molar-refractivity contribution in [3.05, 3.63) is 0 Å². The van der Waals surface area contributed by atoms with Crippen LogP contribution in [0.3, 0.4) is 0 Å². The average molecular weight is 1370 g/mol. The number of quaternary nitrogens is 1. The summed E-state index contributed by atoms with van der Waals surface area (Å²) in [6.45, 7) is -1.33. The molecule has 1 unspecified atom stereocenters. The smallest absolute Gasteiger partial charge is 0.460 e. The number of likely N-dealkylation sites (N-methyl/N-ethyl adjacent to an activating group) is 1. The molecule has 0 fully saturated rings. The minimum absolute atomic E-state index is 0.0569. The number of unbranched alkanes of at least 4 members (excludes halogenated alkanes) is 14. The van der Waals surface area contributed by atoms with Crippen molar-refractivity contribution in [1.29, 1.82) is 0 Å². The van der Waals surface area contributed by atoms with Crippen LogP contribution < -0.4 is 4.89 Å². The largest absolute Gasteiger partial charge is 0.756 e. The van der Waals surface area contributed by atoms with Crippen LogP contribution in [0.2, 0.25) is 0 Å². The fourth-order valence-electron chi connectivity index (χ4n) is 7.08. The Hall–Kier alpha value is -2.39. The number of ether oxygens (including phenoxy) is 2. The second-order valence-electron chi connectivity index (χ2n) is 20.6. The molecule has 0 amide bonds. The molecule has 0 rings (SSSR count). The summed E-state index contributed by atoms with van der Waals surface area (Å²) in [5, 5.41) is 0. The van der Waals surface area contributed by atoms with Crippen LogP contribution in [-0.2, 0) is 23.1 Å². The van der Waals surface area contributed by atoms with Gasteiger partial charge in [0, 0.05) is 26.1 Å². The molecule has 0 aromatic carbocycles. The number of hydrogen-bond donors (Lipinski definition) is 0. The van der Waals surface area contributed by atoms with Gasteiger partial charge in [-0.15, -0.1) is 0 Å². The van der Waals surface area contributed by atoms with Crippen LogP contribution in [0.15, 0.2) is 0 Å². The fraction of sp³-hybridized carbons (Fsp3) is 1.00. The molecule has 0 heterocycles. The lowest BCUT2D eigenvalue weighted by Crippen LogP contribution is -2.74. The monoisotopic (exact) mass is 1370 g/mol. The Morgan fingerprint density at radius 3 is 0.872 bits per heavy atom. The molecule has 86 heavy (non-hydrogen) atoms. The maximum atomic E-state index is 14.2. The highest BCUT2D eigenvalue weighted by atomic mass is 31.2. The van der Waals surface area contributed by atoms with Crippen LogP contribution in [0.5, 0.6) is 0 Å². The molecule has 0 aromatic rings. The predicted octanol–water partition coefficient (Wildman–Crippen LogP) is 17.6. The van der Waals surface area contributed by atoms with E-state index in [1.807, 2.05) is 0 Å². The van der Waals surface area contributed by atoms with Crippen LogP contribution in [0.1, 0.15) is 116 Å². The Kier molecular flexibility index (Phi) is 28.7. The standard InChI is InChI=1S/C44H58F34NO6P/c1-79(2,3)22-25-84-86(80,81)85-27-28(83-24-19-15-11-7-5-9-13-17-21-30(47,48)32(51,52)34(55,56)36(59,60)38(63,64)40(67,68)42(71,72)44(76,77)78)26-82-23-18-14-10-6-4-8-12-16-20-29(45,46)31(49,50)33(53,54)35(57,58)37(61,62)39(65,66)41(69,70)43(73,74)75/h28H,4-27H2,1-3H3/t28-/m1/s1. The van der Waals surface area contributed by atoms with E-state index in [9.17, 15) is 159 Å². The highest BCUT2D eigenvalue weighted by Crippen LogP contribution is 2.66. The average Bonchev–Trinajstić information content (AvgIpc) is 0.716. The van der Waals surface area contributed by atoms with Crippen molar-refractivity contribution in [3.8, 4) is 0 Å². The third-order valence-corrected chi connectivity index (χ3v) is 13.5. The van der Waals surface area contributed by atoms with Gasteiger partial charge in [-0.25, -0.2) is 0 Å². The first-order valence-electron chi connectivity index (χ1n) is 25.0. The lowest BCUT2D eigenvalue weighted by molar-refractivity contribution is -0.870. The van der Waals surface area contributed by atoms with Crippen LogP contribution in [-0.4, -0.2) is 167 Å². The molecule has 0 saturated heterocycles. The molecule has 0 aromatic heterocycles. The molecule has 0 aliphatic rings. The first-order valence-corrected chi connectivity index (χ1v) is 26.5. The summed E-state index contributed by atoms with van der Waals surface area (Å²) in [4.78, 5) is 12.3. The normalized spacial score (nSPS) is 16.5. The predicted molar refractivity (Wildman–Crippen MR) is 227 cm³/mol. The molecule has 7 nitrogen and oxygen atoms in total. The Bertz CT molecular complexity index is 2080. The highest BCUT2D eigenvalue weighted by molar-refractivity contribution is 7.45. The Labute approximate surface area is 467 Å². The van der Waals surface area contributed by atoms with Crippen molar-refractivity contribution < 1.29 is 182 Å². The summed E-state index contributed by atoms with van der Waals surface area (Å²) in [5.74, 6) is -114. The maximum absolute atomic E-state index is 14.2. The summed E-state index contributed by atoms with van der Waals surface area (Å²) in [6.07, 6.45) is -23.8. The first-order chi connectivity index (χ1) is 38.0. The SMILES string of the molecule is C[N+](C)(C)CCOP(=O)([O-])OC[C@@H](COCCCCCCCCCCC(F)(F)C(F)(F)C(F)(F)C(F)(F)C(F)(F)C(F)(F)C(F)(F)C(F)(F)F)OCCCCCCCCCCC(F)(F)C(F)(F)C(F)(F)C(F)(F)C(F)(F)C(F)(F)C(F)(F)C(F)(F)F. The molecule has 2 atom stereocenters. The zero-order valence-corrected chi connectivity index (χ0v) is 45.6. The number of alkyl halides is 34. The van der Waals surface area contributed by atoms with Crippen LogP contribution in [0.4, 0.5) is 149 Å². The fourth-order valence-corrected chi connectivity index (χ4v) is 7.80. The molecule has 0 bridgehead atoms. The van der Waals surface area contributed by atoms with E-state index in [1.165, 1.54) is 0 Å². The van der Waals surface area contributed by atoms with Crippen molar-refractivity contribution in [3.63, 3.8) is 0 Å². The van der Waals surface area contributed by atoms with Gasteiger partial charge in [0.2, 0.25) is 0 Å². The maximum Gasteiger partial charge on any atom is 0.460 e. The molecule has 0 aliphatic heterocycles. The third kappa shape index (κ3) is 18.7. The van der Waals surface area contributed by atoms with E-state index in [-0.39, 0.29) is 95.2 Å². The molecule has 0 saturated carbocycles. The van der Waals surface area contributed by atoms with Gasteiger partial charge in [0.05, 0.1) is 34.4 Å². The quantitative estimate of drug-likeness (QED) is 0.0262. The van der Waals surface area contributed by atoms with Crippen molar-refractivity contribution in [1.82, 2.24) is 0 Å². The molecule has 0 spiro atoms. The van der Waals surface area contributed by atoms with Gasteiger partial charge in [0.1, 0.15) is 19.3 Å². The van der Waals surface area contributed by atoms with Crippen molar-refractivity contribution in [2.75, 3.05) is 60.7 Å². The number of phosphoric acid groups is 1. The number of hydrogen-bond acceptors (Lipinski definition) is 6. The third-order valence-electron chi connectivity index (χ3n) is 12.6. The summed E-state index contributed by atoms with van der Waals surface area (Å²) < 4.78 is 492. The highest BCUT2D eigenvalue weighted by Gasteiger charge is 2.97. The molecular weight excluding hydrogens is 1320 g/mol. The van der Waals surface area contributed by atoms with Crippen molar-refractivity contribution >= 4 is 7.82 Å². The molecule has 518 valence electrons. The van der Waals surface area contributed by atoms with Gasteiger partial charge < -0.3 is 27.9 Å². The van der Waals surface area contributed by atoms with Crippen LogP contribution >= 0.6 is 7.82 Å². The van der Waals surface area contributed by atoms with Gasteiger partial charge in [0.25, 0.3) is 7.82 Å². The first kappa shape index (κ1) is 83.6. The lowest BCUT2D eigenvalue weighted by atomic mass is 9.87. The van der Waals surface area contributed by atoms with E-state index in [0.717, 1.165) is 0 Å². The van der Waals surface area contributed by atoms with E-state index in [4.69, 9.17) is 18.5 Å². The summed E-state index contributed by atoms with van der Waals surface area (Å²) in [7, 11) is 0.168. The van der Waals surface area contributed by atoms with E-state index < -0.39 is 154 Å². The van der Waals surface area contributed by atoms with Crippen LogP contribution in [0, 0.1) is 0 Å². The van der Waals surface area contributed by atoms with E-state index in [2.05, 4.69) is 0 Å². The van der Waals surface area contributed by atoms with Gasteiger partial charge >= 0.3 is 95.3 Å². The molecular formula is C44H58F34NO6P. The molecule has 0 N–H and O–H groups in total. The number of phosphoric ester groups is 1. The topological polar surface area (TPSA) is 77.1 Å². The Balaban J connectivity index is 5.20. The van der Waals surface area contributed by atoms with Gasteiger partial charge in [-0.05, 0) is 25.7 Å². The molecule has 0 radical (unpaired) electrons. The van der Waals surface area contributed by atoms with Gasteiger partial charge in [-0.3, -0.25) is 4.57 Å². The summed E-state index contributed by atoms with van der Waals surface area (Å²) in [5.41, 5.74) is 0. The summed E-state index contributed by atoms with van der Waals surface area (Å²) in [6, 6.07) is 0. The molecule has 0 aliphatic carbocycles. The Morgan fingerprint density at radius 1 is 0.326 bits per heavy atom. The zero-order chi connectivity index (χ0) is 68.4. The van der Waals surface area contributed by atoms with Crippen molar-refractivity contribution in [2.24, 2.45) is 0 Å². The second kappa shape index (κ2) is 29.5. The number of rotatable bonds is 44. The minimum atomic E-state index is -8.73. The van der Waals surface area contributed by atoms with Crippen LogP contribution in [0.25, 0.3) is 0 Å². The zero-order valence-electron chi connectivity index (χ0n) is 44.7. The summed E-state index contributed by atoms with van der Waals surface area (Å²) >= 11 is 0. The second-order valence-corrected chi connectivity index (χ2v) is 22.0. The lowest BCUT2D eigenvalue weighted by Gasteiger charge is -2.42. The Morgan fingerprint density at radius 2 is 0.581 bits per heavy atom.